The van der Waals surface area contributed by atoms with Crippen LogP contribution in [0.1, 0.15) is 18.1 Å². The smallest absolute Gasteiger partial charge is 0.250 e. The van der Waals surface area contributed by atoms with Gasteiger partial charge in [0.2, 0.25) is 5.91 Å². The van der Waals surface area contributed by atoms with Crippen LogP contribution < -0.4 is 10.0 Å². The average molecular weight is 424 g/mol. The van der Waals surface area contributed by atoms with Crippen LogP contribution >= 0.6 is 11.3 Å². The molecule has 28 heavy (non-hydrogen) atoms. The highest BCUT2D eigenvalue weighted by molar-refractivity contribution is 7.91. The quantitative estimate of drug-likeness (QED) is 0.673. The molecule has 1 aliphatic rings. The number of morpholine rings is 1. The molecule has 3 rings (SSSR count). The normalized spacial score (nSPS) is 16.6. The molecule has 1 unspecified atom stereocenters. The van der Waals surface area contributed by atoms with Crippen molar-refractivity contribution in [2.75, 3.05) is 26.3 Å². The maximum atomic E-state index is 12.3. The molecule has 9 heteroatoms. The summed E-state index contributed by atoms with van der Waals surface area (Å²) in [5, 5.41) is 4.49. The maximum Gasteiger partial charge on any atom is 0.250 e. The number of hydrogen-bond donors (Lipinski definition) is 2. The van der Waals surface area contributed by atoms with E-state index >= 15 is 0 Å². The van der Waals surface area contributed by atoms with Crippen molar-refractivity contribution in [2.24, 2.45) is 0 Å². The van der Waals surface area contributed by atoms with Gasteiger partial charge < -0.3 is 10.1 Å². The molecule has 0 aliphatic carbocycles. The Morgan fingerprint density at radius 1 is 1.21 bits per heavy atom. The zero-order valence-corrected chi connectivity index (χ0v) is 17.4. The van der Waals surface area contributed by atoms with Crippen molar-refractivity contribution in [1.29, 1.82) is 0 Å². The molecule has 1 saturated heterocycles. The Bertz CT molecular complexity index is 878. The zero-order valence-electron chi connectivity index (χ0n) is 15.8. The highest BCUT2D eigenvalue weighted by Gasteiger charge is 2.22. The average Bonchev–Trinajstić information content (AvgIpc) is 3.23. The molecule has 0 spiro atoms. The first-order chi connectivity index (χ1) is 13.4. The van der Waals surface area contributed by atoms with E-state index in [-0.39, 0.29) is 10.1 Å². The minimum absolute atomic E-state index is 0.197. The van der Waals surface area contributed by atoms with Crippen molar-refractivity contribution in [3.8, 4) is 0 Å². The number of carbonyl (C=O) groups excluding carboxylic acids is 1. The molecule has 7 nitrogen and oxygen atoms in total. The lowest BCUT2D eigenvalue weighted by molar-refractivity contribution is -0.122. The third kappa shape index (κ3) is 5.86. The molecule has 1 aliphatic heterocycles. The molecular weight excluding hydrogens is 398 g/mol. The SMILES string of the molecule is CC(NS(=O)(=O)c1cccs1)C(=O)NCc1cccc(CN2CCOCC2)c1. The van der Waals surface area contributed by atoms with Gasteiger partial charge in [-0.15, -0.1) is 11.3 Å². The number of nitrogens with zero attached hydrogens (tertiary/aromatic N) is 1. The van der Waals surface area contributed by atoms with Gasteiger partial charge in [0.15, 0.2) is 0 Å². The van der Waals surface area contributed by atoms with Gasteiger partial charge in [-0.25, -0.2) is 8.42 Å². The van der Waals surface area contributed by atoms with E-state index < -0.39 is 16.1 Å². The Morgan fingerprint density at radius 3 is 2.68 bits per heavy atom. The summed E-state index contributed by atoms with van der Waals surface area (Å²) >= 11 is 1.12. The summed E-state index contributed by atoms with van der Waals surface area (Å²) in [6.45, 7) is 6.09. The molecular formula is C19H25N3O4S2. The van der Waals surface area contributed by atoms with E-state index in [0.29, 0.717) is 6.54 Å². The number of carbonyl (C=O) groups is 1. The predicted octanol–water partition coefficient (Wildman–Crippen LogP) is 1.56. The van der Waals surface area contributed by atoms with E-state index in [1.165, 1.54) is 18.6 Å². The molecule has 1 aromatic carbocycles. The van der Waals surface area contributed by atoms with Crippen LogP contribution in [0.5, 0.6) is 0 Å². The van der Waals surface area contributed by atoms with Gasteiger partial charge in [0.05, 0.1) is 19.3 Å². The number of nitrogens with one attached hydrogen (secondary N) is 2. The highest BCUT2D eigenvalue weighted by Crippen LogP contribution is 2.16. The van der Waals surface area contributed by atoms with Crippen molar-refractivity contribution in [2.45, 2.75) is 30.3 Å². The Balaban J connectivity index is 1.51. The predicted molar refractivity (Wildman–Crippen MR) is 108 cm³/mol. The number of amides is 1. The summed E-state index contributed by atoms with van der Waals surface area (Å²) in [6, 6.07) is 10.4. The minimum atomic E-state index is -3.68. The molecule has 1 amide bonds. The van der Waals surface area contributed by atoms with Crippen LogP contribution in [0.15, 0.2) is 46.0 Å². The summed E-state index contributed by atoms with van der Waals surface area (Å²) in [5.74, 6) is -0.362. The van der Waals surface area contributed by atoms with E-state index in [4.69, 9.17) is 4.74 Å². The van der Waals surface area contributed by atoms with Crippen molar-refractivity contribution in [1.82, 2.24) is 14.9 Å². The van der Waals surface area contributed by atoms with E-state index in [2.05, 4.69) is 27.1 Å². The molecule has 1 fully saturated rings. The number of rotatable bonds is 8. The molecule has 152 valence electrons. The molecule has 2 N–H and O–H groups in total. The monoisotopic (exact) mass is 423 g/mol. The summed E-state index contributed by atoms with van der Waals surface area (Å²) in [4.78, 5) is 14.6. The molecule has 0 radical (unpaired) electrons. The molecule has 1 aromatic heterocycles. The Kier molecular flexibility index (Phi) is 7.19. The zero-order chi connectivity index (χ0) is 20.0. The van der Waals surface area contributed by atoms with Gasteiger partial charge in [0.25, 0.3) is 10.0 Å². The first-order valence-corrected chi connectivity index (χ1v) is 11.5. The van der Waals surface area contributed by atoms with Crippen molar-refractivity contribution < 1.29 is 17.9 Å². The third-order valence-corrected chi connectivity index (χ3v) is 7.39. The lowest BCUT2D eigenvalue weighted by Gasteiger charge is -2.26. The first kappa shape index (κ1) is 20.9. The Labute approximate surface area is 169 Å². The van der Waals surface area contributed by atoms with Crippen LogP contribution in [0.2, 0.25) is 0 Å². The number of hydrogen-bond acceptors (Lipinski definition) is 6. The van der Waals surface area contributed by atoms with Crippen LogP contribution in [0, 0.1) is 0 Å². The van der Waals surface area contributed by atoms with Crippen LogP contribution in [0.4, 0.5) is 0 Å². The second-order valence-electron chi connectivity index (χ2n) is 6.70. The van der Waals surface area contributed by atoms with E-state index in [1.807, 2.05) is 12.1 Å². The molecule has 2 heterocycles. The minimum Gasteiger partial charge on any atom is -0.379 e. The molecule has 0 saturated carbocycles. The Morgan fingerprint density at radius 2 is 1.96 bits per heavy atom. The lowest BCUT2D eigenvalue weighted by atomic mass is 10.1. The second-order valence-corrected chi connectivity index (χ2v) is 9.59. The number of thiophene rings is 1. The maximum absolute atomic E-state index is 12.3. The fourth-order valence-corrected chi connectivity index (χ4v) is 5.17. The summed E-state index contributed by atoms with van der Waals surface area (Å²) in [6.07, 6.45) is 0. The summed E-state index contributed by atoms with van der Waals surface area (Å²) in [5.41, 5.74) is 2.16. The first-order valence-electron chi connectivity index (χ1n) is 9.15. The van der Waals surface area contributed by atoms with Crippen molar-refractivity contribution >= 4 is 27.3 Å². The van der Waals surface area contributed by atoms with E-state index in [0.717, 1.165) is 49.7 Å². The fourth-order valence-electron chi connectivity index (χ4n) is 2.96. The second kappa shape index (κ2) is 9.62. The molecule has 2 aromatic rings. The van der Waals surface area contributed by atoms with Crippen molar-refractivity contribution in [3.63, 3.8) is 0 Å². The van der Waals surface area contributed by atoms with E-state index in [1.54, 1.807) is 11.4 Å². The summed E-state index contributed by atoms with van der Waals surface area (Å²) in [7, 11) is -3.68. The van der Waals surface area contributed by atoms with Gasteiger partial charge >= 0.3 is 0 Å². The summed E-state index contributed by atoms with van der Waals surface area (Å²) < 4.78 is 32.4. The number of benzene rings is 1. The van der Waals surface area contributed by atoms with Crippen LogP contribution in [-0.4, -0.2) is 51.6 Å². The fraction of sp³-hybridized carbons (Fsp3) is 0.421. The van der Waals surface area contributed by atoms with Gasteiger partial charge in [-0.2, -0.15) is 4.72 Å². The largest absolute Gasteiger partial charge is 0.379 e. The van der Waals surface area contributed by atoms with Crippen LogP contribution in [-0.2, 0) is 32.6 Å². The lowest BCUT2D eigenvalue weighted by Crippen LogP contribution is -2.44. The topological polar surface area (TPSA) is 87.7 Å². The standard InChI is InChI=1S/C19H25N3O4S2/c1-15(21-28(24,25)18-6-3-11-27-18)19(23)20-13-16-4-2-5-17(12-16)14-22-7-9-26-10-8-22/h2-6,11-12,15,21H,7-10,13-14H2,1H3,(H,20,23). The van der Waals surface area contributed by atoms with E-state index in [9.17, 15) is 13.2 Å². The Hall–Kier alpha value is -1.78. The van der Waals surface area contributed by atoms with Crippen LogP contribution in [0.3, 0.4) is 0 Å². The van der Waals surface area contributed by atoms with Gasteiger partial charge in [-0.3, -0.25) is 9.69 Å². The van der Waals surface area contributed by atoms with Gasteiger partial charge in [-0.1, -0.05) is 30.3 Å². The highest BCUT2D eigenvalue weighted by atomic mass is 32.2. The number of sulfonamides is 1. The van der Waals surface area contributed by atoms with Gasteiger partial charge in [0, 0.05) is 26.2 Å². The third-order valence-electron chi connectivity index (χ3n) is 4.45. The van der Waals surface area contributed by atoms with Crippen LogP contribution in [0.25, 0.3) is 0 Å². The van der Waals surface area contributed by atoms with Crippen molar-refractivity contribution in [3.05, 3.63) is 52.9 Å². The molecule has 1 atom stereocenters. The van der Waals surface area contributed by atoms with Gasteiger partial charge in [-0.05, 0) is 29.5 Å². The molecule has 0 bridgehead atoms. The van der Waals surface area contributed by atoms with Gasteiger partial charge in [0.1, 0.15) is 4.21 Å². The number of ether oxygens (including phenoxy) is 1.